The topological polar surface area (TPSA) is 47.6 Å². The third-order valence-electron chi connectivity index (χ3n) is 4.31. The second-order valence-corrected chi connectivity index (χ2v) is 7.78. The lowest BCUT2D eigenvalue weighted by Crippen LogP contribution is -2.33. The average molecular weight is 389 g/mol. The van der Waals surface area contributed by atoms with Crippen LogP contribution in [0.15, 0.2) is 47.4 Å². The summed E-state index contributed by atoms with van der Waals surface area (Å²) < 4.78 is 25.1. The van der Waals surface area contributed by atoms with Gasteiger partial charge in [0.25, 0.3) is 0 Å². The van der Waals surface area contributed by atoms with Crippen molar-refractivity contribution in [2.45, 2.75) is 31.2 Å². The summed E-state index contributed by atoms with van der Waals surface area (Å²) in [5.74, 6) is 1.37. The van der Waals surface area contributed by atoms with Crippen LogP contribution in [-0.2, 0) is 4.79 Å². The SMILES string of the molecule is CC(C)[C@@H](NC(=O)CSc1ccccc1F)c1ccc2c(c1)OCCCO2. The molecule has 0 fully saturated rings. The highest BCUT2D eigenvalue weighted by Crippen LogP contribution is 2.34. The standard InChI is InChI=1S/C21H24FNO3S/c1-14(2)21(15-8-9-17-18(12-15)26-11-5-10-25-17)23-20(24)13-27-19-7-4-3-6-16(19)22/h3-4,6-9,12,14,21H,5,10-11,13H2,1-2H3,(H,23,24)/t21-/m1/s1. The van der Waals surface area contributed by atoms with Gasteiger partial charge in [-0.25, -0.2) is 4.39 Å². The fourth-order valence-corrected chi connectivity index (χ4v) is 3.68. The van der Waals surface area contributed by atoms with Gasteiger partial charge in [-0.05, 0) is 35.7 Å². The van der Waals surface area contributed by atoms with Crippen LogP contribution in [0.25, 0.3) is 0 Å². The molecular weight excluding hydrogens is 365 g/mol. The molecule has 0 bridgehead atoms. The summed E-state index contributed by atoms with van der Waals surface area (Å²) in [6.45, 7) is 5.37. The molecule has 1 aliphatic heterocycles. The second-order valence-electron chi connectivity index (χ2n) is 6.76. The Bertz CT molecular complexity index is 797. The van der Waals surface area contributed by atoms with Crippen LogP contribution in [0.1, 0.15) is 31.9 Å². The van der Waals surface area contributed by atoms with Gasteiger partial charge < -0.3 is 14.8 Å². The number of nitrogens with one attached hydrogen (secondary N) is 1. The molecule has 2 aromatic rings. The normalized spacial score (nSPS) is 14.5. The van der Waals surface area contributed by atoms with Crippen molar-refractivity contribution in [2.24, 2.45) is 5.92 Å². The molecular formula is C21H24FNO3S. The van der Waals surface area contributed by atoms with E-state index in [0.29, 0.717) is 23.9 Å². The van der Waals surface area contributed by atoms with Crippen LogP contribution in [0.4, 0.5) is 4.39 Å². The highest BCUT2D eigenvalue weighted by Gasteiger charge is 2.21. The van der Waals surface area contributed by atoms with E-state index in [9.17, 15) is 9.18 Å². The van der Waals surface area contributed by atoms with Gasteiger partial charge in [0.2, 0.25) is 5.91 Å². The highest BCUT2D eigenvalue weighted by molar-refractivity contribution is 8.00. The Balaban J connectivity index is 1.68. The molecule has 0 aliphatic carbocycles. The number of benzene rings is 2. The van der Waals surface area contributed by atoms with Crippen LogP contribution in [0, 0.1) is 11.7 Å². The molecule has 0 saturated heterocycles. The fourth-order valence-electron chi connectivity index (χ4n) is 2.93. The number of fused-ring (bicyclic) bond motifs is 1. The fraction of sp³-hybridized carbons (Fsp3) is 0.381. The number of carbonyl (C=O) groups is 1. The van der Waals surface area contributed by atoms with E-state index < -0.39 is 0 Å². The van der Waals surface area contributed by atoms with Crippen molar-refractivity contribution < 1.29 is 18.7 Å². The molecule has 1 heterocycles. The van der Waals surface area contributed by atoms with Gasteiger partial charge in [0.15, 0.2) is 11.5 Å². The molecule has 0 saturated carbocycles. The average Bonchev–Trinajstić information content (AvgIpc) is 2.90. The van der Waals surface area contributed by atoms with Gasteiger partial charge in [-0.3, -0.25) is 4.79 Å². The molecule has 1 atom stereocenters. The summed E-state index contributed by atoms with van der Waals surface area (Å²) in [4.78, 5) is 12.9. The van der Waals surface area contributed by atoms with Crippen LogP contribution >= 0.6 is 11.8 Å². The number of carbonyl (C=O) groups excluding carboxylic acids is 1. The minimum atomic E-state index is -0.307. The lowest BCUT2D eigenvalue weighted by molar-refractivity contribution is -0.119. The maximum absolute atomic E-state index is 13.7. The molecule has 2 aromatic carbocycles. The first-order valence-electron chi connectivity index (χ1n) is 9.11. The number of rotatable bonds is 6. The Morgan fingerprint density at radius 2 is 1.89 bits per heavy atom. The van der Waals surface area contributed by atoms with E-state index in [2.05, 4.69) is 19.2 Å². The molecule has 0 aromatic heterocycles. The Labute approximate surface area is 163 Å². The maximum atomic E-state index is 13.7. The highest BCUT2D eigenvalue weighted by atomic mass is 32.2. The molecule has 0 unspecified atom stereocenters. The van der Waals surface area contributed by atoms with E-state index in [0.717, 1.165) is 17.7 Å². The van der Waals surface area contributed by atoms with Gasteiger partial charge in [-0.1, -0.05) is 32.0 Å². The van der Waals surface area contributed by atoms with Crippen molar-refractivity contribution in [1.29, 1.82) is 0 Å². The monoisotopic (exact) mass is 389 g/mol. The zero-order valence-electron chi connectivity index (χ0n) is 15.5. The van der Waals surface area contributed by atoms with Crippen LogP contribution in [0.2, 0.25) is 0 Å². The third kappa shape index (κ3) is 5.16. The molecule has 1 amide bonds. The van der Waals surface area contributed by atoms with Gasteiger partial charge in [0.1, 0.15) is 5.82 Å². The minimum absolute atomic E-state index is 0.130. The van der Waals surface area contributed by atoms with Crippen LogP contribution in [0.3, 0.4) is 0 Å². The van der Waals surface area contributed by atoms with Crippen molar-refractivity contribution in [1.82, 2.24) is 5.32 Å². The molecule has 144 valence electrons. The predicted octanol–water partition coefficient (Wildman–Crippen LogP) is 4.59. The first-order chi connectivity index (χ1) is 13.0. The summed E-state index contributed by atoms with van der Waals surface area (Å²) in [5, 5.41) is 3.07. The van der Waals surface area contributed by atoms with Crippen molar-refractivity contribution in [3.63, 3.8) is 0 Å². The first-order valence-corrected chi connectivity index (χ1v) is 10.1. The van der Waals surface area contributed by atoms with Crippen molar-refractivity contribution in [3.05, 3.63) is 53.8 Å². The molecule has 6 heteroatoms. The van der Waals surface area contributed by atoms with Crippen LogP contribution < -0.4 is 14.8 Å². The van der Waals surface area contributed by atoms with E-state index in [1.807, 2.05) is 18.2 Å². The first kappa shape index (κ1) is 19.5. The van der Waals surface area contributed by atoms with E-state index in [1.165, 1.54) is 17.8 Å². The second kappa shape index (κ2) is 9.13. The van der Waals surface area contributed by atoms with E-state index >= 15 is 0 Å². The largest absolute Gasteiger partial charge is 0.490 e. The lowest BCUT2D eigenvalue weighted by Gasteiger charge is -2.24. The number of amides is 1. The Kier molecular flexibility index (Phi) is 6.61. The quantitative estimate of drug-likeness (QED) is 0.734. The summed E-state index contributed by atoms with van der Waals surface area (Å²) in [7, 11) is 0. The van der Waals surface area contributed by atoms with E-state index in [1.54, 1.807) is 18.2 Å². The van der Waals surface area contributed by atoms with Gasteiger partial charge in [-0.15, -0.1) is 11.8 Å². The van der Waals surface area contributed by atoms with Crippen molar-refractivity contribution in [2.75, 3.05) is 19.0 Å². The molecule has 27 heavy (non-hydrogen) atoms. The summed E-state index contributed by atoms with van der Waals surface area (Å²) >= 11 is 1.20. The number of ether oxygens (including phenoxy) is 2. The summed E-state index contributed by atoms with van der Waals surface area (Å²) in [5.41, 5.74) is 0.971. The number of hydrogen-bond acceptors (Lipinski definition) is 4. The van der Waals surface area contributed by atoms with Gasteiger partial charge in [-0.2, -0.15) is 0 Å². The minimum Gasteiger partial charge on any atom is -0.490 e. The van der Waals surface area contributed by atoms with E-state index in [-0.39, 0.29) is 29.4 Å². The van der Waals surface area contributed by atoms with Gasteiger partial charge in [0, 0.05) is 11.3 Å². The molecule has 0 radical (unpaired) electrons. The van der Waals surface area contributed by atoms with Crippen LogP contribution in [-0.4, -0.2) is 24.9 Å². The third-order valence-corrected chi connectivity index (χ3v) is 5.36. The van der Waals surface area contributed by atoms with Gasteiger partial charge in [0.05, 0.1) is 25.0 Å². The molecule has 1 aliphatic rings. The maximum Gasteiger partial charge on any atom is 0.230 e. The predicted molar refractivity (Wildman–Crippen MR) is 105 cm³/mol. The number of halogens is 1. The lowest BCUT2D eigenvalue weighted by atomic mass is 9.95. The van der Waals surface area contributed by atoms with Gasteiger partial charge >= 0.3 is 0 Å². The van der Waals surface area contributed by atoms with Crippen LogP contribution in [0.5, 0.6) is 11.5 Å². The molecule has 3 rings (SSSR count). The zero-order valence-corrected chi connectivity index (χ0v) is 16.4. The Morgan fingerprint density at radius 1 is 1.15 bits per heavy atom. The Hall–Kier alpha value is -2.21. The van der Waals surface area contributed by atoms with Crippen molar-refractivity contribution in [3.8, 4) is 11.5 Å². The molecule has 0 spiro atoms. The Morgan fingerprint density at radius 3 is 2.63 bits per heavy atom. The number of hydrogen-bond donors (Lipinski definition) is 1. The smallest absolute Gasteiger partial charge is 0.230 e. The summed E-state index contributed by atoms with van der Waals surface area (Å²) in [6, 6.07) is 12.1. The molecule has 1 N–H and O–H groups in total. The molecule has 4 nitrogen and oxygen atoms in total. The van der Waals surface area contributed by atoms with E-state index in [4.69, 9.17) is 9.47 Å². The number of thioether (sulfide) groups is 1. The van der Waals surface area contributed by atoms with Crippen molar-refractivity contribution >= 4 is 17.7 Å². The zero-order chi connectivity index (χ0) is 19.2. The summed E-state index contributed by atoms with van der Waals surface area (Å²) in [6.07, 6.45) is 0.849.